The summed E-state index contributed by atoms with van der Waals surface area (Å²) in [5.41, 5.74) is 1.00. The van der Waals surface area contributed by atoms with E-state index in [1.54, 1.807) is 18.2 Å². The third-order valence-corrected chi connectivity index (χ3v) is 3.52. The Morgan fingerprint density at radius 3 is 2.84 bits per heavy atom. The largest absolute Gasteiger partial charge is 0.487 e. The summed E-state index contributed by atoms with van der Waals surface area (Å²) < 4.78 is 11.3. The standard InChI is InChI=1S/C14H15Cl2NO2/c1-9-10(6-11(19-9)7-17-2)8-18-13-5-3-4-12(15)14(13)16/h3-6,17H,7-8H2,1-2H3. The van der Waals surface area contributed by atoms with Crippen molar-refractivity contribution in [3.05, 3.63) is 51.4 Å². The second-order valence-corrected chi connectivity index (χ2v) is 4.95. The van der Waals surface area contributed by atoms with Crippen LogP contribution in [0, 0.1) is 6.92 Å². The number of furan rings is 1. The van der Waals surface area contributed by atoms with E-state index in [1.165, 1.54) is 0 Å². The highest BCUT2D eigenvalue weighted by Gasteiger charge is 2.10. The lowest BCUT2D eigenvalue weighted by atomic mass is 10.2. The summed E-state index contributed by atoms with van der Waals surface area (Å²) in [6.07, 6.45) is 0. The molecule has 0 unspecified atom stereocenters. The summed E-state index contributed by atoms with van der Waals surface area (Å²) in [6, 6.07) is 7.30. The number of halogens is 2. The molecule has 0 fully saturated rings. The van der Waals surface area contributed by atoms with Gasteiger partial charge in [-0.15, -0.1) is 0 Å². The summed E-state index contributed by atoms with van der Waals surface area (Å²) in [4.78, 5) is 0. The molecule has 0 saturated heterocycles. The normalized spacial score (nSPS) is 10.7. The first-order valence-electron chi connectivity index (χ1n) is 5.91. The highest BCUT2D eigenvalue weighted by molar-refractivity contribution is 6.42. The molecular weight excluding hydrogens is 285 g/mol. The van der Waals surface area contributed by atoms with Gasteiger partial charge in [0.25, 0.3) is 0 Å². The fourth-order valence-corrected chi connectivity index (χ4v) is 2.09. The van der Waals surface area contributed by atoms with Crippen LogP contribution in [-0.2, 0) is 13.2 Å². The molecule has 102 valence electrons. The van der Waals surface area contributed by atoms with Crippen LogP contribution in [0.25, 0.3) is 0 Å². The molecule has 0 aliphatic heterocycles. The minimum atomic E-state index is 0.402. The highest BCUT2D eigenvalue weighted by Crippen LogP contribution is 2.32. The van der Waals surface area contributed by atoms with Gasteiger partial charge in [0.2, 0.25) is 0 Å². The van der Waals surface area contributed by atoms with E-state index in [0.29, 0.717) is 28.9 Å². The lowest BCUT2D eigenvalue weighted by Crippen LogP contribution is -2.03. The van der Waals surface area contributed by atoms with Crippen LogP contribution >= 0.6 is 23.2 Å². The van der Waals surface area contributed by atoms with Gasteiger partial charge in [-0.1, -0.05) is 29.3 Å². The van der Waals surface area contributed by atoms with Gasteiger partial charge in [-0.25, -0.2) is 0 Å². The number of hydrogen-bond acceptors (Lipinski definition) is 3. The first kappa shape index (κ1) is 14.3. The van der Waals surface area contributed by atoms with Crippen molar-refractivity contribution < 1.29 is 9.15 Å². The van der Waals surface area contributed by atoms with E-state index in [4.69, 9.17) is 32.4 Å². The molecule has 0 atom stereocenters. The van der Waals surface area contributed by atoms with E-state index in [1.807, 2.05) is 20.0 Å². The zero-order valence-corrected chi connectivity index (χ0v) is 12.3. The molecule has 0 spiro atoms. The van der Waals surface area contributed by atoms with Gasteiger partial charge >= 0.3 is 0 Å². The van der Waals surface area contributed by atoms with E-state index in [2.05, 4.69) is 5.32 Å². The van der Waals surface area contributed by atoms with Gasteiger partial charge < -0.3 is 14.5 Å². The Hall–Kier alpha value is -1.16. The quantitative estimate of drug-likeness (QED) is 0.899. The van der Waals surface area contributed by atoms with Gasteiger partial charge in [-0.05, 0) is 32.2 Å². The zero-order chi connectivity index (χ0) is 13.8. The fraction of sp³-hybridized carbons (Fsp3) is 0.286. The summed E-state index contributed by atoms with van der Waals surface area (Å²) in [5, 5.41) is 3.96. The molecule has 2 aromatic rings. The van der Waals surface area contributed by atoms with Crippen LogP contribution in [0.2, 0.25) is 10.0 Å². The van der Waals surface area contributed by atoms with Gasteiger partial charge in [0.1, 0.15) is 28.9 Å². The predicted molar refractivity (Wildman–Crippen MR) is 77.0 cm³/mol. The smallest absolute Gasteiger partial charge is 0.139 e. The summed E-state index contributed by atoms with van der Waals surface area (Å²) in [7, 11) is 1.87. The average Bonchev–Trinajstić information content (AvgIpc) is 2.72. The molecule has 0 bridgehead atoms. The molecule has 1 aromatic heterocycles. The van der Waals surface area contributed by atoms with E-state index in [9.17, 15) is 0 Å². The van der Waals surface area contributed by atoms with Gasteiger partial charge in [0, 0.05) is 5.56 Å². The lowest BCUT2D eigenvalue weighted by Gasteiger charge is -2.07. The van der Waals surface area contributed by atoms with Crippen LogP contribution in [0.15, 0.2) is 28.7 Å². The van der Waals surface area contributed by atoms with Crippen molar-refractivity contribution >= 4 is 23.2 Å². The number of hydrogen-bond donors (Lipinski definition) is 1. The Bertz CT molecular complexity index is 567. The van der Waals surface area contributed by atoms with Crippen LogP contribution in [0.3, 0.4) is 0 Å². The third kappa shape index (κ3) is 3.44. The van der Waals surface area contributed by atoms with Crippen LogP contribution < -0.4 is 10.1 Å². The highest BCUT2D eigenvalue weighted by atomic mass is 35.5. The summed E-state index contributed by atoms with van der Waals surface area (Å²) in [5.74, 6) is 2.31. The van der Waals surface area contributed by atoms with Gasteiger partial charge in [-0.2, -0.15) is 0 Å². The van der Waals surface area contributed by atoms with Crippen molar-refractivity contribution in [1.29, 1.82) is 0 Å². The summed E-state index contributed by atoms with van der Waals surface area (Å²) in [6.45, 7) is 3.01. The van der Waals surface area contributed by atoms with Crippen molar-refractivity contribution in [2.45, 2.75) is 20.1 Å². The molecular formula is C14H15Cl2NO2. The Morgan fingerprint density at radius 2 is 2.11 bits per heavy atom. The topological polar surface area (TPSA) is 34.4 Å². The van der Waals surface area contributed by atoms with Crippen LogP contribution in [0.5, 0.6) is 5.75 Å². The second kappa shape index (κ2) is 6.33. The van der Waals surface area contributed by atoms with Gasteiger partial charge in [0.15, 0.2) is 0 Å². The maximum Gasteiger partial charge on any atom is 0.139 e. The molecule has 5 heteroatoms. The van der Waals surface area contributed by atoms with Gasteiger partial charge in [-0.3, -0.25) is 0 Å². The molecule has 3 nitrogen and oxygen atoms in total. The zero-order valence-electron chi connectivity index (χ0n) is 10.8. The third-order valence-electron chi connectivity index (χ3n) is 2.72. The first-order valence-corrected chi connectivity index (χ1v) is 6.67. The van der Waals surface area contributed by atoms with Crippen molar-refractivity contribution in [2.24, 2.45) is 0 Å². The van der Waals surface area contributed by atoms with Crippen molar-refractivity contribution in [3.63, 3.8) is 0 Å². The molecule has 1 heterocycles. The minimum Gasteiger partial charge on any atom is -0.487 e. The van der Waals surface area contributed by atoms with E-state index in [0.717, 1.165) is 17.1 Å². The molecule has 0 saturated carbocycles. The monoisotopic (exact) mass is 299 g/mol. The lowest BCUT2D eigenvalue weighted by molar-refractivity contribution is 0.303. The molecule has 2 rings (SSSR count). The minimum absolute atomic E-state index is 0.402. The number of rotatable bonds is 5. The number of aryl methyl sites for hydroxylation is 1. The number of ether oxygens (including phenoxy) is 1. The van der Waals surface area contributed by atoms with Crippen LogP contribution in [0.1, 0.15) is 17.1 Å². The Morgan fingerprint density at radius 1 is 1.32 bits per heavy atom. The van der Waals surface area contributed by atoms with E-state index >= 15 is 0 Å². The van der Waals surface area contributed by atoms with Crippen molar-refractivity contribution in [1.82, 2.24) is 5.32 Å². The Kier molecular flexibility index (Phi) is 4.75. The molecule has 0 amide bonds. The Labute approximate surface area is 122 Å². The average molecular weight is 300 g/mol. The SMILES string of the molecule is CNCc1cc(COc2cccc(Cl)c2Cl)c(C)o1. The maximum absolute atomic E-state index is 6.06. The van der Waals surface area contributed by atoms with E-state index < -0.39 is 0 Å². The number of nitrogens with one attached hydrogen (secondary N) is 1. The first-order chi connectivity index (χ1) is 9.11. The molecule has 0 aliphatic rings. The van der Waals surface area contributed by atoms with Crippen molar-refractivity contribution in [3.8, 4) is 5.75 Å². The molecule has 0 radical (unpaired) electrons. The molecule has 19 heavy (non-hydrogen) atoms. The van der Waals surface area contributed by atoms with E-state index in [-0.39, 0.29) is 0 Å². The Balaban J connectivity index is 2.08. The predicted octanol–water partition coefficient (Wildman–Crippen LogP) is 4.19. The molecule has 0 aliphatic carbocycles. The second-order valence-electron chi connectivity index (χ2n) is 4.17. The number of benzene rings is 1. The van der Waals surface area contributed by atoms with Crippen molar-refractivity contribution in [2.75, 3.05) is 7.05 Å². The van der Waals surface area contributed by atoms with Crippen LogP contribution in [0.4, 0.5) is 0 Å². The molecule has 1 aromatic carbocycles. The fourth-order valence-electron chi connectivity index (χ4n) is 1.74. The molecule has 1 N–H and O–H groups in total. The van der Waals surface area contributed by atoms with Gasteiger partial charge in [0.05, 0.1) is 11.6 Å². The van der Waals surface area contributed by atoms with Crippen LogP contribution in [-0.4, -0.2) is 7.05 Å². The maximum atomic E-state index is 6.06. The summed E-state index contributed by atoms with van der Waals surface area (Å²) >= 11 is 12.0.